The average Bonchev–Trinajstić information content (AvgIpc) is 3.09. The third kappa shape index (κ3) is 5.05. The zero-order valence-electron chi connectivity index (χ0n) is 16.9. The van der Waals surface area contributed by atoms with Gasteiger partial charge < -0.3 is 9.15 Å². The molecule has 0 unspecified atom stereocenters. The van der Waals surface area contributed by atoms with Crippen LogP contribution < -0.4 is 16.3 Å². The molecule has 158 valence electrons. The van der Waals surface area contributed by atoms with E-state index in [1.807, 2.05) is 30.3 Å². The summed E-state index contributed by atoms with van der Waals surface area (Å²) in [6.45, 7) is 3.69. The topological polar surface area (TPSA) is 122 Å². The Kier molecular flexibility index (Phi) is 6.84. The van der Waals surface area contributed by atoms with E-state index in [1.165, 1.54) is 0 Å². The van der Waals surface area contributed by atoms with Gasteiger partial charge in [0.15, 0.2) is 5.76 Å². The SMILES string of the molecule is CCOC(=O)N/N=C1\CCCc2oc(C(=O)NNC(=O)Cc3ccccc3)c(C)c21. The molecular weight excluding hydrogens is 388 g/mol. The third-order valence-corrected chi connectivity index (χ3v) is 4.61. The number of hydrogen-bond donors (Lipinski definition) is 3. The van der Waals surface area contributed by atoms with E-state index >= 15 is 0 Å². The standard InChI is InChI=1S/C21H24N4O5/c1-3-29-21(28)25-22-15-10-7-11-16-18(15)13(2)19(30-16)20(27)24-23-17(26)12-14-8-5-4-6-9-14/h4-6,8-9H,3,7,10-12H2,1-2H3,(H,23,26)(H,24,27)(H,25,28)/b22-15+. The summed E-state index contributed by atoms with van der Waals surface area (Å²) in [6.07, 6.45) is 1.57. The third-order valence-electron chi connectivity index (χ3n) is 4.61. The van der Waals surface area contributed by atoms with Crippen molar-refractivity contribution in [2.24, 2.45) is 5.10 Å². The van der Waals surface area contributed by atoms with E-state index in [9.17, 15) is 14.4 Å². The van der Waals surface area contributed by atoms with Gasteiger partial charge in [0.1, 0.15) is 5.76 Å². The molecule has 0 saturated heterocycles. The molecule has 9 heteroatoms. The summed E-state index contributed by atoms with van der Waals surface area (Å²) >= 11 is 0. The molecule has 0 atom stereocenters. The number of amides is 3. The number of nitrogens with one attached hydrogen (secondary N) is 3. The van der Waals surface area contributed by atoms with Crippen LogP contribution in [-0.4, -0.2) is 30.2 Å². The van der Waals surface area contributed by atoms with Crippen LogP contribution in [-0.2, 0) is 22.4 Å². The second kappa shape index (κ2) is 9.73. The number of hydrogen-bond acceptors (Lipinski definition) is 6. The number of furan rings is 1. The summed E-state index contributed by atoms with van der Waals surface area (Å²) in [5.41, 5.74) is 9.91. The van der Waals surface area contributed by atoms with Crippen LogP contribution >= 0.6 is 0 Å². The fraction of sp³-hybridized carbons (Fsp3) is 0.333. The zero-order valence-corrected chi connectivity index (χ0v) is 16.9. The van der Waals surface area contributed by atoms with E-state index in [1.54, 1.807) is 13.8 Å². The minimum absolute atomic E-state index is 0.103. The average molecular weight is 412 g/mol. The van der Waals surface area contributed by atoms with Gasteiger partial charge in [-0.05, 0) is 32.3 Å². The number of nitrogens with zero attached hydrogens (tertiary/aromatic N) is 1. The first kappa shape index (κ1) is 21.1. The van der Waals surface area contributed by atoms with Gasteiger partial charge in [-0.3, -0.25) is 20.4 Å². The lowest BCUT2D eigenvalue weighted by molar-refractivity contribution is -0.121. The molecule has 3 rings (SSSR count). The van der Waals surface area contributed by atoms with Gasteiger partial charge in [-0.15, -0.1) is 0 Å². The maximum Gasteiger partial charge on any atom is 0.427 e. The van der Waals surface area contributed by atoms with Crippen LogP contribution in [0, 0.1) is 6.92 Å². The number of rotatable bonds is 5. The molecule has 0 spiro atoms. The minimum Gasteiger partial charge on any atom is -0.455 e. The van der Waals surface area contributed by atoms with E-state index in [2.05, 4.69) is 21.4 Å². The Labute approximate surface area is 173 Å². The van der Waals surface area contributed by atoms with Crippen LogP contribution in [0.1, 0.15) is 52.8 Å². The number of carbonyl (C=O) groups is 3. The lowest BCUT2D eigenvalue weighted by atomic mass is 9.93. The Morgan fingerprint density at radius 2 is 1.90 bits per heavy atom. The lowest BCUT2D eigenvalue weighted by Crippen LogP contribution is -2.42. The number of benzene rings is 1. The Bertz CT molecular complexity index is 965. The summed E-state index contributed by atoms with van der Waals surface area (Å²) in [5, 5.41) is 4.13. The lowest BCUT2D eigenvalue weighted by Gasteiger charge is -2.13. The van der Waals surface area contributed by atoms with Crippen molar-refractivity contribution in [3.05, 3.63) is 58.5 Å². The first-order valence-corrected chi connectivity index (χ1v) is 9.74. The molecule has 0 bridgehead atoms. The van der Waals surface area contributed by atoms with Crippen LogP contribution in [0.3, 0.4) is 0 Å². The Hall–Kier alpha value is -3.62. The maximum atomic E-state index is 12.5. The predicted octanol–water partition coefficient (Wildman–Crippen LogP) is 2.38. The van der Waals surface area contributed by atoms with Crippen LogP contribution in [0.25, 0.3) is 0 Å². The smallest absolute Gasteiger partial charge is 0.427 e. The van der Waals surface area contributed by atoms with E-state index in [0.29, 0.717) is 35.4 Å². The quantitative estimate of drug-likeness (QED) is 0.651. The molecule has 3 N–H and O–H groups in total. The molecule has 2 aromatic rings. The highest BCUT2D eigenvalue weighted by atomic mass is 16.5. The number of hydrazone groups is 1. The van der Waals surface area contributed by atoms with E-state index < -0.39 is 12.0 Å². The molecule has 0 aliphatic heterocycles. The van der Waals surface area contributed by atoms with Crippen molar-refractivity contribution in [3.63, 3.8) is 0 Å². The molecular formula is C21H24N4O5. The molecule has 30 heavy (non-hydrogen) atoms. The number of fused-ring (bicyclic) bond motifs is 1. The summed E-state index contributed by atoms with van der Waals surface area (Å²) in [7, 11) is 0. The second-order valence-electron chi connectivity index (χ2n) is 6.76. The van der Waals surface area contributed by atoms with Crippen molar-refractivity contribution in [1.29, 1.82) is 0 Å². The minimum atomic E-state index is -0.641. The first-order valence-electron chi connectivity index (χ1n) is 9.74. The van der Waals surface area contributed by atoms with Gasteiger partial charge in [0.25, 0.3) is 0 Å². The van der Waals surface area contributed by atoms with Crippen molar-refractivity contribution in [3.8, 4) is 0 Å². The number of hydrazine groups is 1. The van der Waals surface area contributed by atoms with Crippen LogP contribution in [0.5, 0.6) is 0 Å². The van der Waals surface area contributed by atoms with Gasteiger partial charge in [-0.25, -0.2) is 10.2 Å². The second-order valence-corrected chi connectivity index (χ2v) is 6.76. The van der Waals surface area contributed by atoms with Gasteiger partial charge in [-0.1, -0.05) is 30.3 Å². The van der Waals surface area contributed by atoms with Crippen LogP contribution in [0.15, 0.2) is 39.9 Å². The molecule has 1 aromatic carbocycles. The number of carbonyl (C=O) groups excluding carboxylic acids is 3. The van der Waals surface area contributed by atoms with Crippen molar-refractivity contribution in [1.82, 2.24) is 16.3 Å². The molecule has 0 fully saturated rings. The van der Waals surface area contributed by atoms with E-state index in [4.69, 9.17) is 9.15 Å². The Morgan fingerprint density at radius 3 is 2.63 bits per heavy atom. The van der Waals surface area contributed by atoms with Gasteiger partial charge in [0.05, 0.1) is 18.7 Å². The summed E-state index contributed by atoms with van der Waals surface area (Å²) in [4.78, 5) is 36.1. The number of aryl methyl sites for hydroxylation is 1. The number of ether oxygens (including phenoxy) is 1. The molecule has 0 saturated carbocycles. The van der Waals surface area contributed by atoms with Crippen molar-refractivity contribution >= 4 is 23.6 Å². The summed E-state index contributed by atoms with van der Waals surface area (Å²) < 4.78 is 10.6. The summed E-state index contributed by atoms with van der Waals surface area (Å²) in [5.74, 6) is -0.167. The zero-order chi connectivity index (χ0) is 21.5. The predicted molar refractivity (Wildman–Crippen MR) is 109 cm³/mol. The monoisotopic (exact) mass is 412 g/mol. The molecule has 1 heterocycles. The highest BCUT2D eigenvalue weighted by Gasteiger charge is 2.28. The maximum absolute atomic E-state index is 12.5. The van der Waals surface area contributed by atoms with Crippen LogP contribution in [0.4, 0.5) is 4.79 Å². The summed E-state index contributed by atoms with van der Waals surface area (Å²) in [6, 6.07) is 9.21. The fourth-order valence-corrected chi connectivity index (χ4v) is 3.28. The molecule has 1 aliphatic carbocycles. The molecule has 3 amide bonds. The van der Waals surface area contributed by atoms with Gasteiger partial charge in [0.2, 0.25) is 5.91 Å². The molecule has 0 radical (unpaired) electrons. The van der Waals surface area contributed by atoms with E-state index in [-0.39, 0.29) is 24.7 Å². The largest absolute Gasteiger partial charge is 0.455 e. The molecule has 9 nitrogen and oxygen atoms in total. The van der Waals surface area contributed by atoms with Gasteiger partial charge in [0, 0.05) is 17.5 Å². The van der Waals surface area contributed by atoms with Gasteiger partial charge in [-0.2, -0.15) is 5.10 Å². The Morgan fingerprint density at radius 1 is 1.13 bits per heavy atom. The van der Waals surface area contributed by atoms with Gasteiger partial charge >= 0.3 is 12.0 Å². The van der Waals surface area contributed by atoms with Crippen molar-refractivity contribution in [2.45, 2.75) is 39.5 Å². The normalized spacial score (nSPS) is 14.0. The van der Waals surface area contributed by atoms with Crippen LogP contribution in [0.2, 0.25) is 0 Å². The molecule has 1 aliphatic rings. The first-order chi connectivity index (χ1) is 14.5. The Balaban J connectivity index is 1.67. The van der Waals surface area contributed by atoms with Crippen molar-refractivity contribution in [2.75, 3.05) is 6.61 Å². The fourth-order valence-electron chi connectivity index (χ4n) is 3.28. The highest BCUT2D eigenvalue weighted by Crippen LogP contribution is 2.29. The van der Waals surface area contributed by atoms with E-state index in [0.717, 1.165) is 12.0 Å². The highest BCUT2D eigenvalue weighted by molar-refractivity contribution is 6.06. The molecule has 1 aromatic heterocycles. The van der Waals surface area contributed by atoms with Crippen molar-refractivity contribution < 1.29 is 23.5 Å².